The largest absolute Gasteiger partial charge is 0.381 e. The Morgan fingerprint density at radius 3 is 2.67 bits per heavy atom. The minimum absolute atomic E-state index is 0.0669. The summed E-state index contributed by atoms with van der Waals surface area (Å²) in [5.74, 6) is -0.166. The van der Waals surface area contributed by atoms with Gasteiger partial charge in [0, 0.05) is 18.6 Å². The Morgan fingerprint density at radius 2 is 2.06 bits per heavy atom. The molecule has 4 N–H and O–H groups in total. The normalized spacial score (nSPS) is 18.3. The van der Waals surface area contributed by atoms with Crippen LogP contribution < -0.4 is 11.5 Å². The molecule has 1 aliphatic rings. The van der Waals surface area contributed by atoms with Gasteiger partial charge in [0.2, 0.25) is 0 Å². The monoisotopic (exact) mass is 251 g/mol. The van der Waals surface area contributed by atoms with Crippen molar-refractivity contribution in [1.29, 1.82) is 0 Å². The number of ether oxygens (including phenoxy) is 1. The smallest absolute Gasteiger partial charge is 0.185 e. The summed E-state index contributed by atoms with van der Waals surface area (Å²) in [6, 6.07) is 6.65. The van der Waals surface area contributed by atoms with Crippen LogP contribution in [-0.2, 0) is 10.2 Å². The molecule has 0 saturated carbocycles. The zero-order valence-corrected chi connectivity index (χ0v) is 10.2. The minimum atomic E-state index is -0.233. The van der Waals surface area contributed by atoms with E-state index in [4.69, 9.17) is 16.2 Å². The van der Waals surface area contributed by atoms with Crippen LogP contribution in [0.5, 0.6) is 0 Å². The first-order chi connectivity index (χ1) is 8.62. The number of nitrogens with zero attached hydrogens (tertiary/aromatic N) is 1. The van der Waals surface area contributed by atoms with Crippen LogP contribution in [0.25, 0.3) is 0 Å². The predicted molar refractivity (Wildman–Crippen MR) is 68.8 cm³/mol. The van der Waals surface area contributed by atoms with Gasteiger partial charge < -0.3 is 16.2 Å². The second-order valence-corrected chi connectivity index (χ2v) is 4.64. The molecule has 5 heteroatoms. The van der Waals surface area contributed by atoms with Crippen molar-refractivity contribution in [3.8, 4) is 0 Å². The summed E-state index contributed by atoms with van der Waals surface area (Å²) in [5.41, 5.74) is 11.5. The second kappa shape index (κ2) is 5.35. The van der Waals surface area contributed by atoms with Gasteiger partial charge in [-0.05, 0) is 30.5 Å². The summed E-state index contributed by atoms with van der Waals surface area (Å²) in [6.45, 7) is 1.77. The lowest BCUT2D eigenvalue weighted by atomic mass is 9.74. The van der Waals surface area contributed by atoms with Crippen molar-refractivity contribution in [3.05, 3.63) is 35.6 Å². The molecule has 1 aliphatic heterocycles. The third-order valence-electron chi connectivity index (χ3n) is 3.45. The van der Waals surface area contributed by atoms with Crippen molar-refractivity contribution in [2.24, 2.45) is 16.5 Å². The van der Waals surface area contributed by atoms with Gasteiger partial charge in [-0.15, -0.1) is 0 Å². The standard InChI is InChI=1S/C13H18FN3O/c14-11-3-1-2-10(8-11)13(9-17-12(15)16)4-6-18-7-5-13/h1-3,8H,4-7,9H2,(H4,15,16,17). The highest BCUT2D eigenvalue weighted by atomic mass is 19.1. The average Bonchev–Trinajstić information content (AvgIpc) is 2.37. The van der Waals surface area contributed by atoms with Gasteiger partial charge in [0.25, 0.3) is 0 Å². The minimum Gasteiger partial charge on any atom is -0.381 e. The quantitative estimate of drug-likeness (QED) is 0.625. The number of halogens is 1. The van der Waals surface area contributed by atoms with Crippen LogP contribution >= 0.6 is 0 Å². The molecule has 0 atom stereocenters. The molecule has 2 rings (SSSR count). The highest BCUT2D eigenvalue weighted by Gasteiger charge is 2.34. The number of rotatable bonds is 3. The van der Waals surface area contributed by atoms with E-state index in [1.807, 2.05) is 6.07 Å². The van der Waals surface area contributed by atoms with E-state index in [-0.39, 0.29) is 17.2 Å². The Bertz CT molecular complexity index is 438. The molecule has 0 radical (unpaired) electrons. The molecule has 1 aromatic carbocycles. The van der Waals surface area contributed by atoms with E-state index in [0.717, 1.165) is 18.4 Å². The molecule has 4 nitrogen and oxygen atoms in total. The van der Waals surface area contributed by atoms with Crippen molar-refractivity contribution in [3.63, 3.8) is 0 Å². The first-order valence-corrected chi connectivity index (χ1v) is 6.02. The van der Waals surface area contributed by atoms with Gasteiger partial charge in [0.05, 0.1) is 6.54 Å². The van der Waals surface area contributed by atoms with Crippen molar-refractivity contribution in [2.45, 2.75) is 18.3 Å². The molecule has 0 spiro atoms. The molecular formula is C13H18FN3O. The van der Waals surface area contributed by atoms with Crippen molar-refractivity contribution in [1.82, 2.24) is 0 Å². The second-order valence-electron chi connectivity index (χ2n) is 4.64. The number of guanidine groups is 1. The van der Waals surface area contributed by atoms with E-state index < -0.39 is 0 Å². The summed E-state index contributed by atoms with van der Waals surface area (Å²) >= 11 is 0. The fourth-order valence-corrected chi connectivity index (χ4v) is 2.36. The van der Waals surface area contributed by atoms with Gasteiger partial charge in [0.1, 0.15) is 5.82 Å². The van der Waals surface area contributed by atoms with Crippen LogP contribution in [0, 0.1) is 5.82 Å². The molecule has 1 saturated heterocycles. The molecule has 1 heterocycles. The maximum absolute atomic E-state index is 13.4. The molecule has 1 fully saturated rings. The van der Waals surface area contributed by atoms with Crippen molar-refractivity contribution >= 4 is 5.96 Å². The molecule has 0 bridgehead atoms. The van der Waals surface area contributed by atoms with Gasteiger partial charge in [-0.25, -0.2) is 4.39 Å². The highest BCUT2D eigenvalue weighted by molar-refractivity contribution is 5.75. The molecule has 1 aromatic rings. The topological polar surface area (TPSA) is 73.6 Å². The summed E-state index contributed by atoms with van der Waals surface area (Å²) in [7, 11) is 0. The zero-order chi connectivity index (χ0) is 13.0. The van der Waals surface area contributed by atoms with Crippen molar-refractivity contribution in [2.75, 3.05) is 19.8 Å². The van der Waals surface area contributed by atoms with Gasteiger partial charge in [0.15, 0.2) is 5.96 Å². The van der Waals surface area contributed by atoms with E-state index in [9.17, 15) is 4.39 Å². The van der Waals surface area contributed by atoms with Crippen LogP contribution in [0.15, 0.2) is 29.3 Å². The molecule has 0 aliphatic carbocycles. The highest BCUT2D eigenvalue weighted by Crippen LogP contribution is 2.35. The number of hydrogen-bond acceptors (Lipinski definition) is 2. The van der Waals surface area contributed by atoms with Gasteiger partial charge in [-0.3, -0.25) is 4.99 Å². The van der Waals surface area contributed by atoms with Crippen LogP contribution in [0.3, 0.4) is 0 Å². The fraction of sp³-hybridized carbons (Fsp3) is 0.462. The fourth-order valence-electron chi connectivity index (χ4n) is 2.36. The van der Waals surface area contributed by atoms with Crippen molar-refractivity contribution < 1.29 is 9.13 Å². The van der Waals surface area contributed by atoms with Crippen LogP contribution in [0.2, 0.25) is 0 Å². The molecule has 98 valence electrons. The van der Waals surface area contributed by atoms with E-state index in [2.05, 4.69) is 4.99 Å². The Labute approximate surface area is 106 Å². The number of aliphatic imine (C=N–C) groups is 1. The molecule has 0 aromatic heterocycles. The summed E-state index contributed by atoms with van der Waals surface area (Å²) in [4.78, 5) is 4.12. The van der Waals surface area contributed by atoms with E-state index in [1.54, 1.807) is 12.1 Å². The third-order valence-corrected chi connectivity index (χ3v) is 3.45. The number of hydrogen-bond donors (Lipinski definition) is 2. The molecule has 0 unspecified atom stereocenters. The van der Waals surface area contributed by atoms with Crippen LogP contribution in [-0.4, -0.2) is 25.7 Å². The Kier molecular flexibility index (Phi) is 3.81. The summed E-state index contributed by atoms with van der Waals surface area (Å²) in [5, 5.41) is 0. The Hall–Kier alpha value is -1.62. The molecule has 18 heavy (non-hydrogen) atoms. The maximum Gasteiger partial charge on any atom is 0.185 e. The first kappa shape index (κ1) is 12.8. The van der Waals surface area contributed by atoms with Crippen LogP contribution in [0.1, 0.15) is 18.4 Å². The average molecular weight is 251 g/mol. The first-order valence-electron chi connectivity index (χ1n) is 6.02. The maximum atomic E-state index is 13.4. The third kappa shape index (κ3) is 2.79. The molecular weight excluding hydrogens is 233 g/mol. The van der Waals surface area contributed by atoms with Gasteiger partial charge >= 0.3 is 0 Å². The number of nitrogens with two attached hydrogens (primary N) is 2. The predicted octanol–water partition coefficient (Wildman–Crippen LogP) is 1.15. The van der Waals surface area contributed by atoms with Gasteiger partial charge in [-0.2, -0.15) is 0 Å². The van der Waals surface area contributed by atoms with E-state index in [1.165, 1.54) is 6.07 Å². The lowest BCUT2D eigenvalue weighted by Crippen LogP contribution is -2.38. The molecule has 0 amide bonds. The SMILES string of the molecule is NC(N)=NCC1(c2cccc(F)c2)CCOCC1. The Balaban J connectivity index is 2.32. The zero-order valence-electron chi connectivity index (χ0n) is 10.2. The van der Waals surface area contributed by atoms with E-state index >= 15 is 0 Å². The summed E-state index contributed by atoms with van der Waals surface area (Å²) in [6.07, 6.45) is 1.60. The Morgan fingerprint density at radius 1 is 1.33 bits per heavy atom. The van der Waals surface area contributed by atoms with E-state index in [0.29, 0.717) is 19.8 Å². The van der Waals surface area contributed by atoms with Crippen LogP contribution in [0.4, 0.5) is 4.39 Å². The number of benzene rings is 1. The van der Waals surface area contributed by atoms with Gasteiger partial charge in [-0.1, -0.05) is 12.1 Å². The summed E-state index contributed by atoms with van der Waals surface area (Å²) < 4.78 is 18.8. The lowest BCUT2D eigenvalue weighted by Gasteiger charge is -2.36. The lowest BCUT2D eigenvalue weighted by molar-refractivity contribution is 0.0530.